The van der Waals surface area contributed by atoms with E-state index in [1.165, 1.54) is 6.08 Å². The summed E-state index contributed by atoms with van der Waals surface area (Å²) in [5.41, 5.74) is 0.867. The summed E-state index contributed by atoms with van der Waals surface area (Å²) in [7, 11) is 1.59. The van der Waals surface area contributed by atoms with Crippen LogP contribution in [0.1, 0.15) is 12.0 Å². The molecule has 1 heterocycles. The van der Waals surface area contributed by atoms with Crippen LogP contribution in [-0.4, -0.2) is 42.1 Å². The molecule has 0 radical (unpaired) electrons. The number of nitrogens with zero attached hydrogens (tertiary/aromatic N) is 1. The SMILES string of the molecule is COc1cccc(/C=C\C(=O)N2CC[C@H](C(=O)O)C2)c1. The molecule has 1 N–H and O–H groups in total. The van der Waals surface area contributed by atoms with Gasteiger partial charge in [-0.1, -0.05) is 12.1 Å². The van der Waals surface area contributed by atoms with Gasteiger partial charge in [-0.25, -0.2) is 0 Å². The predicted molar refractivity (Wildman–Crippen MR) is 74.4 cm³/mol. The lowest BCUT2D eigenvalue weighted by Gasteiger charge is -2.12. The van der Waals surface area contributed by atoms with Gasteiger partial charge >= 0.3 is 5.97 Å². The van der Waals surface area contributed by atoms with Gasteiger partial charge in [-0.15, -0.1) is 0 Å². The van der Waals surface area contributed by atoms with Crippen molar-refractivity contribution in [3.05, 3.63) is 35.9 Å². The van der Waals surface area contributed by atoms with Gasteiger partial charge in [0.2, 0.25) is 5.91 Å². The number of rotatable bonds is 4. The number of carboxylic acid groups (broad SMARTS) is 1. The normalized spacial score (nSPS) is 18.4. The van der Waals surface area contributed by atoms with Crippen molar-refractivity contribution in [2.24, 2.45) is 5.92 Å². The Morgan fingerprint density at radius 3 is 2.90 bits per heavy atom. The zero-order chi connectivity index (χ0) is 14.5. The topological polar surface area (TPSA) is 66.8 Å². The number of benzene rings is 1. The van der Waals surface area contributed by atoms with Crippen LogP contribution >= 0.6 is 0 Å². The third-order valence-corrected chi connectivity index (χ3v) is 3.36. The largest absolute Gasteiger partial charge is 0.497 e. The van der Waals surface area contributed by atoms with E-state index in [9.17, 15) is 9.59 Å². The Kier molecular flexibility index (Phi) is 4.40. The second-order valence-corrected chi connectivity index (χ2v) is 4.72. The van der Waals surface area contributed by atoms with E-state index >= 15 is 0 Å². The molecule has 20 heavy (non-hydrogen) atoms. The van der Waals surface area contributed by atoms with Crippen molar-refractivity contribution in [3.63, 3.8) is 0 Å². The first-order valence-electron chi connectivity index (χ1n) is 6.44. The number of methoxy groups -OCH3 is 1. The smallest absolute Gasteiger partial charge is 0.308 e. The summed E-state index contributed by atoms with van der Waals surface area (Å²) in [6, 6.07) is 7.38. The molecule has 0 spiro atoms. The number of hydrogen-bond donors (Lipinski definition) is 1. The van der Waals surface area contributed by atoms with Crippen LogP contribution in [0.2, 0.25) is 0 Å². The summed E-state index contributed by atoms with van der Waals surface area (Å²) < 4.78 is 5.11. The highest BCUT2D eigenvalue weighted by Crippen LogP contribution is 2.17. The molecule has 0 unspecified atom stereocenters. The molecule has 1 fully saturated rings. The third kappa shape index (κ3) is 3.38. The van der Waals surface area contributed by atoms with Crippen molar-refractivity contribution < 1.29 is 19.4 Å². The van der Waals surface area contributed by atoms with Gasteiger partial charge in [0.25, 0.3) is 0 Å². The lowest BCUT2D eigenvalue weighted by Crippen LogP contribution is -2.28. The first-order chi connectivity index (χ1) is 9.60. The Labute approximate surface area is 117 Å². The summed E-state index contributed by atoms with van der Waals surface area (Å²) in [5, 5.41) is 8.91. The van der Waals surface area contributed by atoms with Crippen molar-refractivity contribution in [2.75, 3.05) is 20.2 Å². The summed E-state index contributed by atoms with van der Waals surface area (Å²) in [4.78, 5) is 24.4. The van der Waals surface area contributed by atoms with Crippen molar-refractivity contribution in [1.29, 1.82) is 0 Å². The summed E-state index contributed by atoms with van der Waals surface area (Å²) >= 11 is 0. The first-order valence-corrected chi connectivity index (χ1v) is 6.44. The molecule has 106 valence electrons. The van der Waals surface area contributed by atoms with Gasteiger partial charge in [-0.2, -0.15) is 0 Å². The minimum atomic E-state index is -0.836. The molecule has 0 aliphatic carbocycles. The number of hydrogen-bond acceptors (Lipinski definition) is 3. The van der Waals surface area contributed by atoms with Gasteiger partial charge in [-0.05, 0) is 30.2 Å². The maximum Gasteiger partial charge on any atom is 0.308 e. The minimum absolute atomic E-state index is 0.156. The Hall–Kier alpha value is -2.30. The summed E-state index contributed by atoms with van der Waals surface area (Å²) in [5.74, 6) is -0.704. The molecule has 1 aromatic rings. The average molecular weight is 275 g/mol. The molecular formula is C15H17NO4. The number of ether oxygens (including phenoxy) is 1. The molecule has 1 aromatic carbocycles. The van der Waals surface area contributed by atoms with Crippen LogP contribution in [-0.2, 0) is 9.59 Å². The molecule has 5 nitrogen and oxygen atoms in total. The van der Waals surface area contributed by atoms with Gasteiger partial charge in [0, 0.05) is 19.2 Å². The van der Waals surface area contributed by atoms with Crippen molar-refractivity contribution >= 4 is 18.0 Å². The van der Waals surface area contributed by atoms with Crippen molar-refractivity contribution in [3.8, 4) is 5.75 Å². The molecule has 0 bridgehead atoms. The fourth-order valence-electron chi connectivity index (χ4n) is 2.18. The second-order valence-electron chi connectivity index (χ2n) is 4.72. The Morgan fingerprint density at radius 2 is 2.25 bits per heavy atom. The maximum absolute atomic E-state index is 12.0. The molecule has 1 atom stereocenters. The molecule has 1 saturated heterocycles. The number of likely N-dealkylation sites (tertiary alicyclic amines) is 1. The fourth-order valence-corrected chi connectivity index (χ4v) is 2.18. The molecule has 0 saturated carbocycles. The molecular weight excluding hydrogens is 258 g/mol. The highest BCUT2D eigenvalue weighted by atomic mass is 16.5. The molecule has 1 aliphatic rings. The van der Waals surface area contributed by atoms with E-state index < -0.39 is 11.9 Å². The maximum atomic E-state index is 12.0. The number of carbonyl (C=O) groups is 2. The molecule has 2 rings (SSSR count). The van der Waals surface area contributed by atoms with Crippen LogP contribution in [0.5, 0.6) is 5.75 Å². The minimum Gasteiger partial charge on any atom is -0.497 e. The van der Waals surface area contributed by atoms with Gasteiger partial charge in [-0.3, -0.25) is 9.59 Å². The Morgan fingerprint density at radius 1 is 1.45 bits per heavy atom. The monoisotopic (exact) mass is 275 g/mol. The van der Waals surface area contributed by atoms with Crippen LogP contribution in [0.4, 0.5) is 0 Å². The van der Waals surface area contributed by atoms with Crippen LogP contribution < -0.4 is 4.74 Å². The van der Waals surface area contributed by atoms with E-state index in [4.69, 9.17) is 9.84 Å². The van der Waals surface area contributed by atoms with Crippen LogP contribution in [0.3, 0.4) is 0 Å². The van der Waals surface area contributed by atoms with Crippen LogP contribution in [0, 0.1) is 5.92 Å². The highest BCUT2D eigenvalue weighted by Gasteiger charge is 2.29. The molecule has 1 amide bonds. The van der Waals surface area contributed by atoms with Gasteiger partial charge < -0.3 is 14.7 Å². The summed E-state index contributed by atoms with van der Waals surface area (Å²) in [6.45, 7) is 0.787. The Bertz CT molecular complexity index is 538. The lowest BCUT2D eigenvalue weighted by molar-refractivity contribution is -0.141. The van der Waals surface area contributed by atoms with E-state index in [1.807, 2.05) is 24.3 Å². The van der Waals surface area contributed by atoms with Crippen molar-refractivity contribution in [2.45, 2.75) is 6.42 Å². The Balaban J connectivity index is 1.97. The molecule has 1 aliphatic heterocycles. The number of carboxylic acids is 1. The van der Waals surface area contributed by atoms with E-state index in [-0.39, 0.29) is 12.5 Å². The van der Waals surface area contributed by atoms with Gasteiger partial charge in [0.15, 0.2) is 0 Å². The molecule has 5 heteroatoms. The zero-order valence-corrected chi connectivity index (χ0v) is 11.3. The molecule has 0 aromatic heterocycles. The number of amides is 1. The van der Waals surface area contributed by atoms with E-state index in [0.717, 1.165) is 11.3 Å². The van der Waals surface area contributed by atoms with Gasteiger partial charge in [0.05, 0.1) is 13.0 Å². The predicted octanol–water partition coefficient (Wildman–Crippen LogP) is 1.64. The quantitative estimate of drug-likeness (QED) is 0.848. The second kappa shape index (κ2) is 6.23. The van der Waals surface area contributed by atoms with Gasteiger partial charge in [0.1, 0.15) is 5.75 Å². The van der Waals surface area contributed by atoms with E-state index in [1.54, 1.807) is 18.1 Å². The van der Waals surface area contributed by atoms with Crippen LogP contribution in [0.25, 0.3) is 6.08 Å². The van der Waals surface area contributed by atoms with Crippen LogP contribution in [0.15, 0.2) is 30.3 Å². The number of aliphatic carboxylic acids is 1. The van der Waals surface area contributed by atoms with E-state index in [0.29, 0.717) is 13.0 Å². The standard InChI is InChI=1S/C15H17NO4/c1-20-13-4-2-3-11(9-13)5-6-14(17)16-8-7-12(10-16)15(18)19/h2-6,9,12H,7-8,10H2,1H3,(H,18,19)/b6-5-/t12-/m0/s1. The first kappa shape index (κ1) is 14.1. The number of carbonyl (C=O) groups excluding carboxylic acids is 1. The summed E-state index contributed by atoms with van der Waals surface area (Å²) in [6.07, 6.45) is 3.70. The highest BCUT2D eigenvalue weighted by molar-refractivity contribution is 5.92. The van der Waals surface area contributed by atoms with E-state index in [2.05, 4.69) is 0 Å². The third-order valence-electron chi connectivity index (χ3n) is 3.36. The van der Waals surface area contributed by atoms with Crippen molar-refractivity contribution in [1.82, 2.24) is 4.90 Å². The lowest BCUT2D eigenvalue weighted by atomic mass is 10.1. The zero-order valence-electron chi connectivity index (χ0n) is 11.3. The fraction of sp³-hybridized carbons (Fsp3) is 0.333. The average Bonchev–Trinajstić information content (AvgIpc) is 2.95.